The molecule has 2 rings (SSSR count). The Morgan fingerprint density at radius 3 is 2.63 bits per heavy atom. The Bertz CT molecular complexity index is 790. The van der Waals surface area contributed by atoms with E-state index in [1.165, 1.54) is 0 Å². The molecule has 0 saturated heterocycles. The number of benzene rings is 1. The van der Waals surface area contributed by atoms with Gasteiger partial charge < -0.3 is 25.6 Å². The van der Waals surface area contributed by atoms with Crippen molar-refractivity contribution in [1.29, 1.82) is 0 Å². The average molecular weight is 375 g/mol. The summed E-state index contributed by atoms with van der Waals surface area (Å²) in [7, 11) is 1.56. The third-order valence-corrected chi connectivity index (χ3v) is 3.98. The normalized spacial score (nSPS) is 13.1. The van der Waals surface area contributed by atoms with E-state index in [-0.39, 0.29) is 30.2 Å². The second-order valence-corrected chi connectivity index (χ2v) is 6.43. The van der Waals surface area contributed by atoms with Crippen molar-refractivity contribution in [3.05, 3.63) is 30.2 Å². The third-order valence-electron chi connectivity index (χ3n) is 3.98. The Morgan fingerprint density at radius 1 is 1.26 bits per heavy atom. The van der Waals surface area contributed by atoms with E-state index in [1.807, 2.05) is 32.0 Å². The van der Waals surface area contributed by atoms with Crippen LogP contribution < -0.4 is 21.1 Å². The first-order valence-electron chi connectivity index (χ1n) is 8.63. The highest BCUT2D eigenvalue weighted by Gasteiger charge is 2.21. The SMILES string of the molecule is COc1ccccc1-c1noc(C(C)NC(=O)CNC(=O)[C@@H](N)C(C)C)n1. The molecule has 1 heterocycles. The molecule has 2 amide bonds. The maximum atomic E-state index is 12.0. The molecule has 0 bridgehead atoms. The molecule has 9 nitrogen and oxygen atoms in total. The van der Waals surface area contributed by atoms with E-state index in [1.54, 1.807) is 20.1 Å². The number of para-hydroxylation sites is 1. The van der Waals surface area contributed by atoms with Gasteiger partial charge in [0.2, 0.25) is 23.5 Å². The summed E-state index contributed by atoms with van der Waals surface area (Å²) in [5.74, 6) is 0.451. The van der Waals surface area contributed by atoms with Gasteiger partial charge in [0.1, 0.15) is 11.8 Å². The van der Waals surface area contributed by atoms with Crippen molar-refractivity contribution in [2.45, 2.75) is 32.9 Å². The molecule has 1 aromatic carbocycles. The number of hydrogen-bond donors (Lipinski definition) is 3. The van der Waals surface area contributed by atoms with Crippen LogP contribution in [-0.4, -0.2) is 41.7 Å². The minimum atomic E-state index is -0.658. The summed E-state index contributed by atoms with van der Waals surface area (Å²) in [6, 6.07) is 6.10. The highest BCUT2D eigenvalue weighted by atomic mass is 16.5. The fourth-order valence-corrected chi connectivity index (χ4v) is 2.29. The van der Waals surface area contributed by atoms with Crippen molar-refractivity contribution < 1.29 is 18.8 Å². The molecule has 0 saturated carbocycles. The first-order valence-corrected chi connectivity index (χ1v) is 8.63. The third kappa shape index (κ3) is 5.27. The Labute approximate surface area is 157 Å². The van der Waals surface area contributed by atoms with E-state index in [9.17, 15) is 9.59 Å². The summed E-state index contributed by atoms with van der Waals surface area (Å²) in [5, 5.41) is 9.13. The maximum Gasteiger partial charge on any atom is 0.249 e. The second kappa shape index (κ2) is 9.13. The minimum absolute atomic E-state index is 0.0150. The summed E-state index contributed by atoms with van der Waals surface area (Å²) in [6.45, 7) is 5.19. The number of nitrogens with one attached hydrogen (secondary N) is 2. The van der Waals surface area contributed by atoms with Gasteiger partial charge in [-0.15, -0.1) is 0 Å². The number of amides is 2. The van der Waals surface area contributed by atoms with Crippen LogP contribution in [0.4, 0.5) is 0 Å². The highest BCUT2D eigenvalue weighted by Crippen LogP contribution is 2.27. The van der Waals surface area contributed by atoms with Gasteiger partial charge in [0, 0.05) is 0 Å². The smallest absolute Gasteiger partial charge is 0.249 e. The van der Waals surface area contributed by atoms with Gasteiger partial charge >= 0.3 is 0 Å². The lowest BCUT2D eigenvalue weighted by Crippen LogP contribution is -2.47. The van der Waals surface area contributed by atoms with E-state index in [0.717, 1.165) is 0 Å². The van der Waals surface area contributed by atoms with E-state index in [4.69, 9.17) is 15.0 Å². The van der Waals surface area contributed by atoms with Crippen LogP contribution in [0.3, 0.4) is 0 Å². The van der Waals surface area contributed by atoms with Crippen LogP contribution in [0, 0.1) is 5.92 Å². The van der Waals surface area contributed by atoms with Crippen molar-refractivity contribution in [2.24, 2.45) is 11.7 Å². The van der Waals surface area contributed by atoms with E-state index >= 15 is 0 Å². The van der Waals surface area contributed by atoms with Crippen molar-refractivity contribution in [3.8, 4) is 17.1 Å². The zero-order valence-electron chi connectivity index (χ0n) is 15.9. The minimum Gasteiger partial charge on any atom is -0.496 e. The molecule has 0 aliphatic rings. The first-order chi connectivity index (χ1) is 12.8. The van der Waals surface area contributed by atoms with Crippen LogP contribution in [0.1, 0.15) is 32.7 Å². The Hall–Kier alpha value is -2.94. The number of nitrogens with two attached hydrogens (primary N) is 1. The number of methoxy groups -OCH3 is 1. The lowest BCUT2D eigenvalue weighted by atomic mass is 10.1. The van der Waals surface area contributed by atoms with Crippen LogP contribution >= 0.6 is 0 Å². The van der Waals surface area contributed by atoms with E-state index < -0.39 is 12.1 Å². The molecular formula is C18H25N5O4. The predicted molar refractivity (Wildman–Crippen MR) is 98.7 cm³/mol. The molecule has 1 unspecified atom stereocenters. The maximum absolute atomic E-state index is 12.0. The number of carbonyl (C=O) groups is 2. The number of rotatable bonds is 8. The number of hydrogen-bond acceptors (Lipinski definition) is 7. The average Bonchev–Trinajstić information content (AvgIpc) is 3.15. The molecule has 27 heavy (non-hydrogen) atoms. The van der Waals surface area contributed by atoms with Crippen molar-refractivity contribution in [1.82, 2.24) is 20.8 Å². The van der Waals surface area contributed by atoms with Crippen LogP contribution in [-0.2, 0) is 9.59 Å². The fourth-order valence-electron chi connectivity index (χ4n) is 2.29. The molecule has 0 radical (unpaired) electrons. The Morgan fingerprint density at radius 2 is 1.96 bits per heavy atom. The zero-order valence-corrected chi connectivity index (χ0v) is 15.9. The largest absolute Gasteiger partial charge is 0.496 e. The molecule has 0 aliphatic heterocycles. The van der Waals surface area contributed by atoms with Crippen molar-refractivity contribution >= 4 is 11.8 Å². The monoisotopic (exact) mass is 375 g/mol. The summed E-state index contributed by atoms with van der Waals surface area (Å²) in [5.41, 5.74) is 6.42. The van der Waals surface area contributed by atoms with Crippen molar-refractivity contribution in [3.63, 3.8) is 0 Å². The molecule has 146 valence electrons. The molecule has 1 aromatic heterocycles. The van der Waals surface area contributed by atoms with E-state index in [2.05, 4.69) is 20.8 Å². The topological polar surface area (TPSA) is 132 Å². The van der Waals surface area contributed by atoms with Gasteiger partial charge in [-0.25, -0.2) is 0 Å². The van der Waals surface area contributed by atoms with Gasteiger partial charge in [-0.05, 0) is 25.0 Å². The van der Waals surface area contributed by atoms with Gasteiger partial charge in [0.15, 0.2) is 0 Å². The second-order valence-electron chi connectivity index (χ2n) is 6.43. The van der Waals surface area contributed by atoms with Crippen molar-refractivity contribution in [2.75, 3.05) is 13.7 Å². The molecule has 2 aromatic rings. The molecule has 0 aliphatic carbocycles. The molecule has 4 N–H and O–H groups in total. The van der Waals surface area contributed by atoms with Crippen LogP contribution in [0.15, 0.2) is 28.8 Å². The summed E-state index contributed by atoms with van der Waals surface area (Å²) in [6.07, 6.45) is 0. The molecule has 9 heteroatoms. The Balaban J connectivity index is 1.95. The Kier molecular flexibility index (Phi) is 6.89. The number of carbonyl (C=O) groups excluding carboxylic acids is 2. The lowest BCUT2D eigenvalue weighted by Gasteiger charge is -2.15. The van der Waals surface area contributed by atoms with E-state index in [0.29, 0.717) is 17.1 Å². The zero-order chi connectivity index (χ0) is 20.0. The lowest BCUT2D eigenvalue weighted by molar-refractivity contribution is -0.127. The number of ether oxygens (including phenoxy) is 1. The predicted octanol–water partition coefficient (Wildman–Crippen LogP) is 1.02. The molecule has 0 spiro atoms. The van der Waals surface area contributed by atoms with Gasteiger partial charge in [-0.1, -0.05) is 31.1 Å². The summed E-state index contributed by atoms with van der Waals surface area (Å²) in [4.78, 5) is 28.1. The number of nitrogens with zero attached hydrogens (tertiary/aromatic N) is 2. The van der Waals surface area contributed by atoms with Crippen LogP contribution in [0.5, 0.6) is 5.75 Å². The molecule has 0 fully saturated rings. The van der Waals surface area contributed by atoms with Crippen LogP contribution in [0.25, 0.3) is 11.4 Å². The molecule has 2 atom stereocenters. The fraction of sp³-hybridized carbons (Fsp3) is 0.444. The molecular weight excluding hydrogens is 350 g/mol. The standard InChI is InChI=1S/C18H25N5O4/c1-10(2)15(19)17(25)20-9-14(24)21-11(3)18-22-16(23-27-18)12-7-5-6-8-13(12)26-4/h5-8,10-11,15H,9,19H2,1-4H3,(H,20,25)(H,21,24)/t11?,15-/m0/s1. The number of aromatic nitrogens is 2. The quantitative estimate of drug-likeness (QED) is 0.627. The highest BCUT2D eigenvalue weighted by molar-refractivity contribution is 5.87. The van der Waals surface area contributed by atoms with Gasteiger partial charge in [0.05, 0.1) is 25.3 Å². The summed E-state index contributed by atoms with van der Waals surface area (Å²) < 4.78 is 10.5. The van der Waals surface area contributed by atoms with Gasteiger partial charge in [-0.2, -0.15) is 4.98 Å². The van der Waals surface area contributed by atoms with Gasteiger partial charge in [0.25, 0.3) is 0 Å². The van der Waals surface area contributed by atoms with Crippen LogP contribution in [0.2, 0.25) is 0 Å². The summed E-state index contributed by atoms with van der Waals surface area (Å²) >= 11 is 0. The first kappa shape index (κ1) is 20.4. The van der Waals surface area contributed by atoms with Gasteiger partial charge in [-0.3, -0.25) is 9.59 Å².